The first-order valence-corrected chi connectivity index (χ1v) is 6.17. The lowest BCUT2D eigenvalue weighted by Gasteiger charge is -2.39. The van der Waals surface area contributed by atoms with Crippen LogP contribution < -0.4 is 16.4 Å². The van der Waals surface area contributed by atoms with Crippen molar-refractivity contribution in [2.24, 2.45) is 5.73 Å². The number of urea groups is 1. The summed E-state index contributed by atoms with van der Waals surface area (Å²) in [5, 5.41) is 4.83. The molecule has 1 aliphatic carbocycles. The number of nitrogens with one attached hydrogen (secondary N) is 2. The second-order valence-corrected chi connectivity index (χ2v) is 5.48. The topological polar surface area (TPSA) is 105 Å². The van der Waals surface area contributed by atoms with Crippen LogP contribution in [-0.2, 0) is 9.59 Å². The molecule has 3 aliphatic rings. The summed E-state index contributed by atoms with van der Waals surface area (Å²) >= 11 is 0. The number of nitrogens with two attached hydrogens (primary N) is 1. The van der Waals surface area contributed by atoms with E-state index in [1.54, 1.807) is 4.90 Å². The number of nitrogens with zero attached hydrogens (tertiary/aromatic N) is 1. The highest BCUT2D eigenvalue weighted by atomic mass is 16.2. The van der Waals surface area contributed by atoms with Gasteiger partial charge in [0, 0.05) is 6.54 Å². The molecule has 3 rings (SSSR count). The van der Waals surface area contributed by atoms with Gasteiger partial charge in [-0.2, -0.15) is 0 Å². The molecule has 4 amide bonds. The summed E-state index contributed by atoms with van der Waals surface area (Å²) in [6.45, 7) is 0.688. The fraction of sp³-hybridized carbons (Fsp3) is 0.727. The van der Waals surface area contributed by atoms with Crippen LogP contribution in [0.4, 0.5) is 4.79 Å². The molecule has 2 heterocycles. The number of hydrogen-bond donors (Lipinski definition) is 3. The van der Waals surface area contributed by atoms with Crippen LogP contribution in [-0.4, -0.2) is 46.9 Å². The number of carbonyl (C=O) groups is 3. The molecule has 0 aromatic carbocycles. The molecule has 4 N–H and O–H groups in total. The van der Waals surface area contributed by atoms with Crippen molar-refractivity contribution in [3.63, 3.8) is 0 Å². The van der Waals surface area contributed by atoms with E-state index in [1.165, 1.54) is 0 Å². The van der Waals surface area contributed by atoms with E-state index in [1.807, 2.05) is 0 Å². The molecule has 18 heavy (non-hydrogen) atoms. The van der Waals surface area contributed by atoms with Crippen molar-refractivity contribution in [2.45, 2.75) is 36.8 Å². The third kappa shape index (κ3) is 1.43. The molecule has 2 saturated heterocycles. The molecule has 3 fully saturated rings. The Morgan fingerprint density at radius 1 is 1.28 bits per heavy atom. The molecular formula is C11H16N4O3. The van der Waals surface area contributed by atoms with Gasteiger partial charge in [0.15, 0.2) is 0 Å². The minimum absolute atomic E-state index is 0.0976. The maximum Gasteiger partial charge on any atom is 0.322 e. The van der Waals surface area contributed by atoms with Gasteiger partial charge in [0.2, 0.25) is 5.91 Å². The van der Waals surface area contributed by atoms with Crippen LogP contribution in [0.2, 0.25) is 0 Å². The molecule has 0 bridgehead atoms. The van der Waals surface area contributed by atoms with E-state index in [0.717, 1.165) is 6.42 Å². The summed E-state index contributed by atoms with van der Waals surface area (Å²) in [6, 6.07) is -0.486. The summed E-state index contributed by atoms with van der Waals surface area (Å²) in [7, 11) is 0. The molecule has 2 aliphatic heterocycles. The van der Waals surface area contributed by atoms with E-state index in [4.69, 9.17) is 5.73 Å². The Balaban J connectivity index is 1.74. The van der Waals surface area contributed by atoms with Crippen LogP contribution in [0.1, 0.15) is 25.7 Å². The monoisotopic (exact) mass is 252 g/mol. The maximum absolute atomic E-state index is 12.2. The lowest BCUT2D eigenvalue weighted by molar-refractivity contribution is -0.139. The predicted molar refractivity (Wildman–Crippen MR) is 61.4 cm³/mol. The normalized spacial score (nSPS) is 33.3. The fourth-order valence-corrected chi connectivity index (χ4v) is 2.88. The zero-order valence-corrected chi connectivity index (χ0v) is 9.99. The minimum atomic E-state index is -0.938. The Bertz CT molecular complexity index is 446. The largest absolute Gasteiger partial charge is 0.338 e. The fourth-order valence-electron chi connectivity index (χ4n) is 2.88. The van der Waals surface area contributed by atoms with Crippen LogP contribution in [0.15, 0.2) is 0 Å². The first-order chi connectivity index (χ1) is 8.45. The summed E-state index contributed by atoms with van der Waals surface area (Å²) in [6.07, 6.45) is 2.83. The van der Waals surface area contributed by atoms with E-state index in [2.05, 4.69) is 10.6 Å². The summed E-state index contributed by atoms with van der Waals surface area (Å²) < 4.78 is 0. The Labute approximate surface area is 104 Å². The molecule has 1 saturated carbocycles. The Morgan fingerprint density at radius 2 is 2.00 bits per heavy atom. The molecule has 98 valence electrons. The number of amides is 4. The van der Waals surface area contributed by atoms with Gasteiger partial charge >= 0.3 is 6.03 Å². The molecule has 1 unspecified atom stereocenters. The highest BCUT2D eigenvalue weighted by molar-refractivity contribution is 6.07. The first kappa shape index (κ1) is 11.5. The predicted octanol–water partition coefficient (Wildman–Crippen LogP) is -1.32. The van der Waals surface area contributed by atoms with Gasteiger partial charge in [-0.1, -0.05) is 0 Å². The van der Waals surface area contributed by atoms with Crippen molar-refractivity contribution in [1.29, 1.82) is 0 Å². The number of rotatable bonds is 1. The minimum Gasteiger partial charge on any atom is -0.338 e. The SMILES string of the molecule is NC1(C(=O)N2CCC3(C2)NC(=O)NC3=O)CCC1. The van der Waals surface area contributed by atoms with E-state index >= 15 is 0 Å². The summed E-state index contributed by atoms with van der Waals surface area (Å²) in [5.41, 5.74) is 4.31. The van der Waals surface area contributed by atoms with Gasteiger partial charge in [-0.3, -0.25) is 14.9 Å². The van der Waals surface area contributed by atoms with Crippen molar-refractivity contribution in [3.05, 3.63) is 0 Å². The van der Waals surface area contributed by atoms with Gasteiger partial charge in [0.1, 0.15) is 5.54 Å². The molecule has 0 aromatic rings. The molecule has 0 aromatic heterocycles. The lowest BCUT2D eigenvalue weighted by Crippen LogP contribution is -2.60. The van der Waals surface area contributed by atoms with Gasteiger partial charge in [-0.05, 0) is 25.7 Å². The van der Waals surface area contributed by atoms with Gasteiger partial charge in [-0.25, -0.2) is 4.79 Å². The number of carbonyl (C=O) groups excluding carboxylic acids is 3. The number of imide groups is 1. The Morgan fingerprint density at radius 3 is 2.50 bits per heavy atom. The van der Waals surface area contributed by atoms with Crippen LogP contribution >= 0.6 is 0 Å². The number of likely N-dealkylation sites (tertiary alicyclic amines) is 1. The van der Waals surface area contributed by atoms with Crippen LogP contribution in [0.5, 0.6) is 0 Å². The molecule has 0 radical (unpaired) electrons. The van der Waals surface area contributed by atoms with Crippen molar-refractivity contribution in [1.82, 2.24) is 15.5 Å². The molecule has 7 heteroatoms. The van der Waals surface area contributed by atoms with Crippen LogP contribution in [0.3, 0.4) is 0 Å². The average Bonchev–Trinajstić information content (AvgIpc) is 2.80. The number of hydrogen-bond acceptors (Lipinski definition) is 4. The zero-order chi connectivity index (χ0) is 13.0. The van der Waals surface area contributed by atoms with E-state index in [0.29, 0.717) is 25.8 Å². The first-order valence-electron chi connectivity index (χ1n) is 6.17. The summed E-state index contributed by atoms with van der Waals surface area (Å²) in [5.74, 6) is -0.443. The van der Waals surface area contributed by atoms with Crippen molar-refractivity contribution in [2.75, 3.05) is 13.1 Å². The Kier molecular flexibility index (Phi) is 2.19. The van der Waals surface area contributed by atoms with E-state index < -0.39 is 17.1 Å². The second-order valence-electron chi connectivity index (χ2n) is 5.48. The average molecular weight is 252 g/mol. The lowest BCUT2D eigenvalue weighted by atomic mass is 9.76. The second kappa shape index (κ2) is 3.44. The quantitative estimate of drug-likeness (QED) is 0.503. The van der Waals surface area contributed by atoms with Gasteiger partial charge in [-0.15, -0.1) is 0 Å². The molecule has 1 spiro atoms. The van der Waals surface area contributed by atoms with Crippen molar-refractivity contribution >= 4 is 17.8 Å². The van der Waals surface area contributed by atoms with E-state index in [-0.39, 0.29) is 18.4 Å². The third-order valence-electron chi connectivity index (χ3n) is 4.24. The maximum atomic E-state index is 12.2. The third-order valence-corrected chi connectivity index (χ3v) is 4.24. The Hall–Kier alpha value is -1.63. The van der Waals surface area contributed by atoms with Crippen molar-refractivity contribution < 1.29 is 14.4 Å². The molecular weight excluding hydrogens is 236 g/mol. The van der Waals surface area contributed by atoms with Gasteiger partial charge < -0.3 is 16.0 Å². The van der Waals surface area contributed by atoms with Gasteiger partial charge in [0.05, 0.1) is 12.1 Å². The van der Waals surface area contributed by atoms with Gasteiger partial charge in [0.25, 0.3) is 5.91 Å². The smallest absolute Gasteiger partial charge is 0.322 e. The van der Waals surface area contributed by atoms with Crippen molar-refractivity contribution in [3.8, 4) is 0 Å². The standard InChI is InChI=1S/C11H16N4O3/c12-10(2-1-3-10)8(17)15-5-4-11(6-15)7(16)13-9(18)14-11/h1-6,12H2,(H2,13,14,16,18). The highest BCUT2D eigenvalue weighted by Gasteiger charge is 2.54. The zero-order valence-electron chi connectivity index (χ0n) is 9.99. The van der Waals surface area contributed by atoms with E-state index in [9.17, 15) is 14.4 Å². The molecule has 7 nitrogen and oxygen atoms in total. The van der Waals surface area contributed by atoms with Crippen LogP contribution in [0, 0.1) is 0 Å². The molecule has 1 atom stereocenters. The van der Waals surface area contributed by atoms with Crippen LogP contribution in [0.25, 0.3) is 0 Å². The highest BCUT2D eigenvalue weighted by Crippen LogP contribution is 2.34. The summed E-state index contributed by atoms with van der Waals surface area (Å²) in [4.78, 5) is 36.8.